The highest BCUT2D eigenvalue weighted by Gasteiger charge is 2.61. The van der Waals surface area contributed by atoms with E-state index in [1.54, 1.807) is 0 Å². The van der Waals surface area contributed by atoms with E-state index in [1.165, 1.54) is 6.92 Å². The first-order valence-electron chi connectivity index (χ1n) is 3.82. The van der Waals surface area contributed by atoms with Crippen LogP contribution in [-0.4, -0.2) is 20.9 Å². The zero-order chi connectivity index (χ0) is 11.9. The van der Waals surface area contributed by atoms with Gasteiger partial charge in [-0.15, -0.1) is 0 Å². The third kappa shape index (κ3) is 1.87. The number of halogens is 5. The molecule has 86 valence electrons. The Morgan fingerprint density at radius 1 is 1.33 bits per heavy atom. The molecule has 1 aromatic heterocycles. The predicted molar refractivity (Wildman–Crippen MR) is 43.0 cm³/mol. The van der Waals surface area contributed by atoms with Gasteiger partial charge < -0.3 is 0 Å². The van der Waals surface area contributed by atoms with E-state index in [0.29, 0.717) is 4.57 Å². The van der Waals surface area contributed by atoms with Crippen molar-refractivity contribution in [1.29, 1.82) is 0 Å². The molecule has 1 rings (SSSR count). The standard InChI is InChI=1S/C6H6F5N3S/c1-2-14-3(12-13-4(14)15)5(7,8)6(9,10)11/h2H2,1H3,(H,13,15). The van der Waals surface area contributed by atoms with Crippen molar-refractivity contribution in [3.63, 3.8) is 0 Å². The van der Waals surface area contributed by atoms with Gasteiger partial charge in [-0.25, -0.2) is 0 Å². The summed E-state index contributed by atoms with van der Waals surface area (Å²) in [5.74, 6) is -6.42. The van der Waals surface area contributed by atoms with Gasteiger partial charge >= 0.3 is 12.1 Å². The van der Waals surface area contributed by atoms with Crippen molar-refractivity contribution in [3.8, 4) is 0 Å². The molecule has 0 aliphatic carbocycles. The Kier molecular flexibility index (Phi) is 2.85. The summed E-state index contributed by atoms with van der Waals surface area (Å²) in [6.07, 6.45) is -5.68. The molecule has 0 aliphatic heterocycles. The van der Waals surface area contributed by atoms with E-state index in [0.717, 1.165) is 0 Å². The van der Waals surface area contributed by atoms with E-state index < -0.39 is 17.9 Å². The minimum Gasteiger partial charge on any atom is -0.299 e. The van der Waals surface area contributed by atoms with Gasteiger partial charge in [0.1, 0.15) is 0 Å². The first-order chi connectivity index (χ1) is 6.71. The second kappa shape index (κ2) is 3.54. The first-order valence-corrected chi connectivity index (χ1v) is 4.23. The van der Waals surface area contributed by atoms with E-state index in [4.69, 9.17) is 0 Å². The van der Waals surface area contributed by atoms with Crippen LogP contribution in [0.25, 0.3) is 0 Å². The number of hydrogen-bond donors (Lipinski definition) is 1. The second-order valence-electron chi connectivity index (χ2n) is 2.67. The van der Waals surface area contributed by atoms with Gasteiger partial charge in [-0.3, -0.25) is 9.67 Å². The smallest absolute Gasteiger partial charge is 0.299 e. The maximum absolute atomic E-state index is 12.8. The number of nitrogens with zero attached hydrogens (tertiary/aromatic N) is 2. The molecule has 0 amide bonds. The zero-order valence-corrected chi connectivity index (χ0v) is 8.22. The number of H-pyrrole nitrogens is 1. The molecule has 0 fully saturated rings. The maximum Gasteiger partial charge on any atom is 0.461 e. The molecule has 0 saturated carbocycles. The molecule has 1 aromatic rings. The second-order valence-corrected chi connectivity index (χ2v) is 3.06. The summed E-state index contributed by atoms with van der Waals surface area (Å²) in [6, 6.07) is 0. The van der Waals surface area contributed by atoms with Crippen molar-refractivity contribution in [1.82, 2.24) is 14.8 Å². The van der Waals surface area contributed by atoms with E-state index in [-0.39, 0.29) is 11.3 Å². The van der Waals surface area contributed by atoms with E-state index in [1.807, 2.05) is 5.10 Å². The Hall–Kier alpha value is -0.990. The summed E-state index contributed by atoms with van der Waals surface area (Å²) in [7, 11) is 0. The Balaban J connectivity index is 3.33. The fourth-order valence-corrected chi connectivity index (χ4v) is 1.24. The molecule has 9 heteroatoms. The molecule has 0 bridgehead atoms. The lowest BCUT2D eigenvalue weighted by atomic mass is 10.3. The van der Waals surface area contributed by atoms with Crippen LogP contribution >= 0.6 is 12.2 Å². The monoisotopic (exact) mass is 247 g/mol. The Labute approximate surface area is 85.9 Å². The van der Waals surface area contributed by atoms with Crippen LogP contribution < -0.4 is 0 Å². The minimum absolute atomic E-state index is 0.115. The van der Waals surface area contributed by atoms with Gasteiger partial charge in [0.05, 0.1) is 0 Å². The molecule has 0 aromatic carbocycles. The normalized spacial score (nSPS) is 13.2. The van der Waals surface area contributed by atoms with E-state index >= 15 is 0 Å². The van der Waals surface area contributed by atoms with Crippen LogP contribution in [0.2, 0.25) is 0 Å². The average Bonchev–Trinajstić information content (AvgIpc) is 2.44. The lowest BCUT2D eigenvalue weighted by Crippen LogP contribution is -2.36. The fourth-order valence-electron chi connectivity index (χ4n) is 0.978. The lowest BCUT2D eigenvalue weighted by Gasteiger charge is -2.18. The van der Waals surface area contributed by atoms with Crippen LogP contribution in [0.4, 0.5) is 22.0 Å². The number of hydrogen-bond acceptors (Lipinski definition) is 2. The Morgan fingerprint density at radius 2 is 1.87 bits per heavy atom. The first kappa shape index (κ1) is 12.1. The maximum atomic E-state index is 12.8. The summed E-state index contributed by atoms with van der Waals surface area (Å²) in [4.78, 5) is 0. The quantitative estimate of drug-likeness (QED) is 0.643. The molecule has 0 atom stereocenters. The summed E-state index contributed by atoms with van der Waals surface area (Å²) < 4.78 is 62.0. The van der Waals surface area contributed by atoms with E-state index in [9.17, 15) is 22.0 Å². The van der Waals surface area contributed by atoms with Crippen LogP contribution in [0, 0.1) is 4.77 Å². The topological polar surface area (TPSA) is 33.6 Å². The molecule has 0 saturated heterocycles. The molecule has 3 nitrogen and oxygen atoms in total. The Bertz CT molecular complexity index is 404. The van der Waals surface area contributed by atoms with Gasteiger partial charge in [-0.1, -0.05) is 0 Å². The predicted octanol–water partition coefficient (Wildman–Crippen LogP) is 2.61. The molecular weight excluding hydrogens is 241 g/mol. The molecule has 0 radical (unpaired) electrons. The SMILES string of the molecule is CCn1c(C(F)(F)C(F)(F)F)n[nH]c1=S. The van der Waals surface area contributed by atoms with Crippen molar-refractivity contribution in [2.24, 2.45) is 0 Å². The molecule has 1 heterocycles. The van der Waals surface area contributed by atoms with Gasteiger partial charge in [-0.05, 0) is 19.1 Å². The molecule has 0 spiro atoms. The average molecular weight is 247 g/mol. The summed E-state index contributed by atoms with van der Waals surface area (Å²) in [6.45, 7) is 1.28. The molecule has 0 aliphatic rings. The number of aromatic amines is 1. The van der Waals surface area contributed by atoms with Crippen LogP contribution in [0.15, 0.2) is 0 Å². The molecule has 15 heavy (non-hydrogen) atoms. The number of rotatable bonds is 2. The number of alkyl halides is 5. The van der Waals surface area contributed by atoms with Crippen LogP contribution in [0.3, 0.4) is 0 Å². The van der Waals surface area contributed by atoms with Gasteiger partial charge in [0.25, 0.3) is 0 Å². The van der Waals surface area contributed by atoms with Crippen molar-refractivity contribution in [2.75, 3.05) is 0 Å². The van der Waals surface area contributed by atoms with Gasteiger partial charge in [0.15, 0.2) is 4.77 Å². The van der Waals surface area contributed by atoms with Crippen molar-refractivity contribution < 1.29 is 22.0 Å². The van der Waals surface area contributed by atoms with Crippen molar-refractivity contribution in [2.45, 2.75) is 25.6 Å². The summed E-state index contributed by atoms with van der Waals surface area (Å²) in [5, 5.41) is 4.80. The largest absolute Gasteiger partial charge is 0.461 e. The molecule has 1 N–H and O–H groups in total. The highest BCUT2D eigenvalue weighted by atomic mass is 32.1. The minimum atomic E-state index is -5.68. The van der Waals surface area contributed by atoms with Gasteiger partial charge in [-0.2, -0.15) is 27.1 Å². The van der Waals surface area contributed by atoms with Crippen LogP contribution in [0.1, 0.15) is 12.7 Å². The Morgan fingerprint density at radius 3 is 2.27 bits per heavy atom. The van der Waals surface area contributed by atoms with Crippen LogP contribution in [-0.2, 0) is 12.5 Å². The third-order valence-corrected chi connectivity index (χ3v) is 2.02. The van der Waals surface area contributed by atoms with Crippen LogP contribution in [0.5, 0.6) is 0 Å². The number of nitrogens with one attached hydrogen (secondary N) is 1. The highest BCUT2D eigenvalue weighted by Crippen LogP contribution is 2.42. The van der Waals surface area contributed by atoms with Crippen molar-refractivity contribution >= 4 is 12.2 Å². The summed E-state index contributed by atoms with van der Waals surface area (Å²) >= 11 is 4.51. The van der Waals surface area contributed by atoms with Crippen molar-refractivity contribution in [3.05, 3.63) is 10.6 Å². The van der Waals surface area contributed by atoms with Gasteiger partial charge in [0, 0.05) is 6.54 Å². The summed E-state index contributed by atoms with van der Waals surface area (Å²) in [5.41, 5.74) is 0. The lowest BCUT2D eigenvalue weighted by molar-refractivity contribution is -0.293. The zero-order valence-electron chi connectivity index (χ0n) is 7.40. The van der Waals surface area contributed by atoms with E-state index in [2.05, 4.69) is 17.3 Å². The third-order valence-electron chi connectivity index (χ3n) is 1.71. The fraction of sp³-hybridized carbons (Fsp3) is 0.667. The number of aromatic nitrogens is 3. The highest BCUT2D eigenvalue weighted by molar-refractivity contribution is 7.71. The molecular formula is C6H6F5N3S. The molecule has 0 unspecified atom stereocenters. The van der Waals surface area contributed by atoms with Gasteiger partial charge in [0.2, 0.25) is 5.82 Å².